The molecular weight excluding hydrogens is 214 g/mol. The summed E-state index contributed by atoms with van der Waals surface area (Å²) in [6, 6.07) is 7.41. The van der Waals surface area contributed by atoms with E-state index < -0.39 is 0 Å². The number of anilines is 2. The first kappa shape index (κ1) is 11.1. The molecule has 2 rings (SSSR count). The largest absolute Gasteiger partial charge is 0.384 e. The van der Waals surface area contributed by atoms with Crippen LogP contribution in [0.1, 0.15) is 5.56 Å². The summed E-state index contributed by atoms with van der Waals surface area (Å²) < 4.78 is 0. The standard InChI is InChI=1S/C12H13N5/c1-17(11-8-15-6-7-16-11)10-4-2-9(3-5-10)12(13)14/h2-8H,1H3,(H3,13,14). The first-order valence-corrected chi connectivity index (χ1v) is 5.12. The minimum Gasteiger partial charge on any atom is -0.384 e. The van der Waals surface area contributed by atoms with Crippen LogP contribution in [0.25, 0.3) is 0 Å². The van der Waals surface area contributed by atoms with E-state index in [2.05, 4.69) is 9.97 Å². The minimum atomic E-state index is 0.0682. The molecule has 17 heavy (non-hydrogen) atoms. The molecule has 0 saturated heterocycles. The molecule has 5 nitrogen and oxygen atoms in total. The third-order valence-electron chi connectivity index (χ3n) is 2.46. The number of nitrogens with two attached hydrogens (primary N) is 1. The van der Waals surface area contributed by atoms with E-state index in [-0.39, 0.29) is 5.84 Å². The maximum absolute atomic E-state index is 7.32. The number of benzene rings is 1. The number of nitrogen functional groups attached to an aromatic ring is 1. The molecule has 0 atom stereocenters. The van der Waals surface area contributed by atoms with E-state index in [1.54, 1.807) is 18.6 Å². The van der Waals surface area contributed by atoms with Crippen LogP contribution < -0.4 is 10.6 Å². The van der Waals surface area contributed by atoms with E-state index in [1.165, 1.54) is 0 Å². The molecule has 0 aliphatic rings. The highest BCUT2D eigenvalue weighted by molar-refractivity contribution is 5.95. The predicted octanol–water partition coefficient (Wildman–Crippen LogP) is 1.53. The first-order chi connectivity index (χ1) is 8.18. The van der Waals surface area contributed by atoms with Crippen LogP contribution >= 0.6 is 0 Å². The molecule has 0 spiro atoms. The Hall–Kier alpha value is -2.43. The molecule has 0 radical (unpaired) electrons. The Kier molecular flexibility index (Phi) is 3.00. The van der Waals surface area contributed by atoms with Gasteiger partial charge in [0.05, 0.1) is 6.20 Å². The summed E-state index contributed by atoms with van der Waals surface area (Å²) in [6.07, 6.45) is 4.98. The van der Waals surface area contributed by atoms with Gasteiger partial charge in [0.1, 0.15) is 5.84 Å². The maximum atomic E-state index is 7.32. The summed E-state index contributed by atoms with van der Waals surface area (Å²) in [5, 5.41) is 7.32. The summed E-state index contributed by atoms with van der Waals surface area (Å²) >= 11 is 0. The summed E-state index contributed by atoms with van der Waals surface area (Å²) in [5.74, 6) is 0.835. The molecule has 1 heterocycles. The molecule has 0 bridgehead atoms. The summed E-state index contributed by atoms with van der Waals surface area (Å²) in [6.45, 7) is 0. The van der Waals surface area contributed by atoms with Gasteiger partial charge in [0.15, 0.2) is 5.82 Å². The molecule has 0 aliphatic heterocycles. The zero-order chi connectivity index (χ0) is 12.3. The Balaban J connectivity index is 2.26. The maximum Gasteiger partial charge on any atom is 0.151 e. The van der Waals surface area contributed by atoms with Crippen molar-refractivity contribution in [2.45, 2.75) is 0 Å². The van der Waals surface area contributed by atoms with Crippen LogP contribution in [0.2, 0.25) is 0 Å². The smallest absolute Gasteiger partial charge is 0.151 e. The van der Waals surface area contributed by atoms with Crippen molar-refractivity contribution < 1.29 is 0 Å². The molecule has 0 aliphatic carbocycles. The fraction of sp³-hybridized carbons (Fsp3) is 0.0833. The van der Waals surface area contributed by atoms with Crippen molar-refractivity contribution in [2.24, 2.45) is 5.73 Å². The van der Waals surface area contributed by atoms with Crippen molar-refractivity contribution in [3.63, 3.8) is 0 Å². The van der Waals surface area contributed by atoms with Gasteiger partial charge in [-0.3, -0.25) is 10.4 Å². The molecule has 0 fully saturated rings. The summed E-state index contributed by atoms with van der Waals surface area (Å²) in [4.78, 5) is 10.1. The number of hydrogen-bond donors (Lipinski definition) is 2. The van der Waals surface area contributed by atoms with Crippen LogP contribution in [0.5, 0.6) is 0 Å². The van der Waals surface area contributed by atoms with Crippen molar-refractivity contribution in [3.8, 4) is 0 Å². The van der Waals surface area contributed by atoms with Gasteiger partial charge in [-0.05, 0) is 24.3 Å². The Bertz CT molecular complexity index is 506. The molecule has 0 saturated carbocycles. The molecule has 0 amide bonds. The number of nitrogens with zero attached hydrogens (tertiary/aromatic N) is 3. The Morgan fingerprint density at radius 3 is 2.47 bits per heavy atom. The second-order valence-corrected chi connectivity index (χ2v) is 3.58. The van der Waals surface area contributed by atoms with Crippen LogP contribution in [0.15, 0.2) is 42.9 Å². The summed E-state index contributed by atoms with van der Waals surface area (Å²) in [5.41, 5.74) is 7.08. The molecule has 3 N–H and O–H groups in total. The zero-order valence-corrected chi connectivity index (χ0v) is 9.46. The number of nitrogens with one attached hydrogen (secondary N) is 1. The van der Waals surface area contributed by atoms with Crippen molar-refractivity contribution in [2.75, 3.05) is 11.9 Å². The molecule has 5 heteroatoms. The highest BCUT2D eigenvalue weighted by atomic mass is 15.2. The fourth-order valence-corrected chi connectivity index (χ4v) is 1.46. The topological polar surface area (TPSA) is 78.9 Å². The monoisotopic (exact) mass is 227 g/mol. The van der Waals surface area contributed by atoms with Crippen molar-refractivity contribution in [3.05, 3.63) is 48.4 Å². The van der Waals surface area contributed by atoms with E-state index in [0.717, 1.165) is 11.5 Å². The van der Waals surface area contributed by atoms with Gasteiger partial charge < -0.3 is 10.6 Å². The first-order valence-electron chi connectivity index (χ1n) is 5.12. The van der Waals surface area contributed by atoms with Crippen LogP contribution in [0.4, 0.5) is 11.5 Å². The van der Waals surface area contributed by atoms with Crippen LogP contribution in [0.3, 0.4) is 0 Å². The van der Waals surface area contributed by atoms with E-state index in [9.17, 15) is 0 Å². The third kappa shape index (κ3) is 2.39. The van der Waals surface area contributed by atoms with Crippen molar-refractivity contribution in [1.82, 2.24) is 9.97 Å². The van der Waals surface area contributed by atoms with Gasteiger partial charge >= 0.3 is 0 Å². The fourth-order valence-electron chi connectivity index (χ4n) is 1.46. The third-order valence-corrected chi connectivity index (χ3v) is 2.46. The van der Waals surface area contributed by atoms with E-state index >= 15 is 0 Å². The van der Waals surface area contributed by atoms with Gasteiger partial charge in [0.2, 0.25) is 0 Å². The Morgan fingerprint density at radius 1 is 1.24 bits per heavy atom. The van der Waals surface area contributed by atoms with Crippen molar-refractivity contribution >= 4 is 17.3 Å². The molecule has 86 valence electrons. The average molecular weight is 227 g/mol. The highest BCUT2D eigenvalue weighted by Gasteiger charge is 2.05. The number of rotatable bonds is 3. The molecular formula is C12H13N5. The molecule has 2 aromatic rings. The van der Waals surface area contributed by atoms with Crippen LogP contribution in [-0.4, -0.2) is 22.9 Å². The highest BCUT2D eigenvalue weighted by Crippen LogP contribution is 2.20. The molecule has 1 aromatic carbocycles. The second kappa shape index (κ2) is 4.61. The Morgan fingerprint density at radius 2 is 1.94 bits per heavy atom. The van der Waals surface area contributed by atoms with E-state index in [1.807, 2.05) is 36.2 Å². The lowest BCUT2D eigenvalue weighted by molar-refractivity contribution is 1.09. The normalized spacial score (nSPS) is 9.94. The zero-order valence-electron chi connectivity index (χ0n) is 9.46. The minimum absolute atomic E-state index is 0.0682. The van der Waals surface area contributed by atoms with Gasteiger partial charge in [-0.2, -0.15) is 0 Å². The van der Waals surface area contributed by atoms with E-state index in [0.29, 0.717) is 5.56 Å². The van der Waals surface area contributed by atoms with Gasteiger partial charge in [-0.25, -0.2) is 4.98 Å². The lowest BCUT2D eigenvalue weighted by atomic mass is 10.2. The van der Waals surface area contributed by atoms with E-state index in [4.69, 9.17) is 11.1 Å². The van der Waals surface area contributed by atoms with Gasteiger partial charge in [0, 0.05) is 30.7 Å². The second-order valence-electron chi connectivity index (χ2n) is 3.58. The summed E-state index contributed by atoms with van der Waals surface area (Å²) in [7, 11) is 1.91. The molecule has 0 unspecified atom stereocenters. The lowest BCUT2D eigenvalue weighted by Gasteiger charge is -2.17. The van der Waals surface area contributed by atoms with Crippen LogP contribution in [-0.2, 0) is 0 Å². The average Bonchev–Trinajstić information content (AvgIpc) is 2.39. The van der Waals surface area contributed by atoms with Gasteiger partial charge in [-0.1, -0.05) is 0 Å². The lowest BCUT2D eigenvalue weighted by Crippen LogP contribution is -2.13. The quantitative estimate of drug-likeness (QED) is 0.615. The number of amidine groups is 1. The molecule has 1 aromatic heterocycles. The number of aromatic nitrogens is 2. The van der Waals surface area contributed by atoms with Gasteiger partial charge in [0.25, 0.3) is 0 Å². The number of hydrogen-bond acceptors (Lipinski definition) is 4. The van der Waals surface area contributed by atoms with Gasteiger partial charge in [-0.15, -0.1) is 0 Å². The SMILES string of the molecule is CN(c1ccc(C(=N)N)cc1)c1cnccn1. The van der Waals surface area contributed by atoms with Crippen molar-refractivity contribution in [1.29, 1.82) is 5.41 Å². The Labute approximate surface area is 99.4 Å². The predicted molar refractivity (Wildman–Crippen MR) is 67.6 cm³/mol. The van der Waals surface area contributed by atoms with Crippen LogP contribution in [0, 0.1) is 5.41 Å².